The highest BCUT2D eigenvalue weighted by molar-refractivity contribution is 4.99. The van der Waals surface area contributed by atoms with Crippen molar-refractivity contribution in [1.82, 2.24) is 5.32 Å². The minimum atomic E-state index is -2.33. The van der Waals surface area contributed by atoms with Gasteiger partial charge in [0.05, 0.1) is 18.7 Å². The lowest BCUT2D eigenvalue weighted by Crippen LogP contribution is -2.07. The van der Waals surface area contributed by atoms with E-state index < -0.39 is 12.5 Å². The van der Waals surface area contributed by atoms with Crippen LogP contribution in [0.2, 0.25) is 0 Å². The van der Waals surface area contributed by atoms with Crippen LogP contribution >= 0.6 is 0 Å². The second kappa shape index (κ2) is 1.95. The van der Waals surface area contributed by atoms with Crippen molar-refractivity contribution >= 4 is 0 Å². The summed E-state index contributed by atoms with van der Waals surface area (Å²) in [6.45, 7) is -0.186. The third-order valence-electron chi connectivity index (χ3n) is 1.20. The van der Waals surface area contributed by atoms with Crippen molar-refractivity contribution in [3.05, 3.63) is 0 Å². The Morgan fingerprint density at radius 3 is 2.38 bits per heavy atom. The molecule has 0 aliphatic carbocycles. The Labute approximate surface area is 45.5 Å². The Morgan fingerprint density at radius 1 is 1.62 bits per heavy atom. The van der Waals surface area contributed by atoms with Gasteiger partial charge in [-0.2, -0.15) is 0 Å². The fraction of sp³-hybridized carbons (Fsp3) is 1.00. The minimum absolute atomic E-state index is 0.186. The maximum Gasteiger partial charge on any atom is 0.255 e. The van der Waals surface area contributed by atoms with E-state index >= 15 is 0 Å². The third-order valence-corrected chi connectivity index (χ3v) is 1.20. The molecule has 0 aromatic carbocycles. The molecule has 1 saturated heterocycles. The molecule has 8 heavy (non-hydrogen) atoms. The summed E-state index contributed by atoms with van der Waals surface area (Å²) >= 11 is 0. The van der Waals surface area contributed by atoms with Crippen molar-refractivity contribution < 1.29 is 13.9 Å². The van der Waals surface area contributed by atoms with Crippen molar-refractivity contribution in [1.29, 1.82) is 0 Å². The molecule has 0 aromatic rings. The largest absolute Gasteiger partial charge is 0.395 e. The third kappa shape index (κ3) is 0.952. The predicted octanol–water partition coefficient (Wildman–Crippen LogP) is -0.416. The molecule has 0 amide bonds. The molecule has 1 fully saturated rings. The molecule has 0 spiro atoms. The van der Waals surface area contributed by atoms with Gasteiger partial charge in [-0.3, -0.25) is 0 Å². The molecule has 1 heterocycles. The average Bonchev–Trinajstić information content (AvgIpc) is 2.42. The molecular weight excluding hydrogens is 116 g/mol. The predicted molar refractivity (Wildman–Crippen MR) is 23.8 cm³/mol. The van der Waals surface area contributed by atoms with Gasteiger partial charge < -0.3 is 10.4 Å². The summed E-state index contributed by atoms with van der Waals surface area (Å²) in [5.74, 6) is 0. The zero-order valence-electron chi connectivity index (χ0n) is 4.14. The Kier molecular flexibility index (Phi) is 1.44. The quantitative estimate of drug-likeness (QED) is 0.490. The van der Waals surface area contributed by atoms with Crippen LogP contribution in [-0.4, -0.2) is 30.2 Å². The fourth-order valence-corrected chi connectivity index (χ4v) is 0.606. The smallest absolute Gasteiger partial charge is 0.255 e. The maximum atomic E-state index is 11.5. The molecule has 0 saturated carbocycles. The lowest BCUT2D eigenvalue weighted by atomic mass is 10.3. The summed E-state index contributed by atoms with van der Waals surface area (Å²) in [7, 11) is 0. The zero-order valence-corrected chi connectivity index (χ0v) is 4.14. The van der Waals surface area contributed by atoms with Crippen molar-refractivity contribution in [3.8, 4) is 0 Å². The van der Waals surface area contributed by atoms with Crippen LogP contribution in [0.15, 0.2) is 0 Å². The summed E-state index contributed by atoms with van der Waals surface area (Å²) < 4.78 is 23.0. The summed E-state index contributed by atoms with van der Waals surface area (Å²) in [5, 5.41) is 10.6. The van der Waals surface area contributed by atoms with Crippen LogP contribution in [-0.2, 0) is 0 Å². The van der Waals surface area contributed by atoms with Crippen LogP contribution in [0.5, 0.6) is 0 Å². The number of hydrogen-bond donors (Lipinski definition) is 2. The van der Waals surface area contributed by atoms with E-state index in [4.69, 9.17) is 5.11 Å². The van der Waals surface area contributed by atoms with Gasteiger partial charge in [-0.1, -0.05) is 0 Å². The van der Waals surface area contributed by atoms with Crippen LogP contribution < -0.4 is 5.32 Å². The molecule has 0 bridgehead atoms. The first-order chi connectivity index (χ1) is 3.75. The molecule has 2 unspecified atom stereocenters. The Hall–Kier alpha value is -0.220. The van der Waals surface area contributed by atoms with Gasteiger partial charge in [0, 0.05) is 0 Å². The van der Waals surface area contributed by atoms with Crippen LogP contribution in [0.25, 0.3) is 0 Å². The van der Waals surface area contributed by atoms with Gasteiger partial charge >= 0.3 is 0 Å². The van der Waals surface area contributed by atoms with E-state index in [0.717, 1.165) is 0 Å². The number of aliphatic hydroxyl groups is 1. The topological polar surface area (TPSA) is 42.2 Å². The van der Waals surface area contributed by atoms with E-state index in [1.54, 1.807) is 0 Å². The van der Waals surface area contributed by atoms with Gasteiger partial charge in [-0.15, -0.1) is 0 Å². The molecule has 0 aromatic heterocycles. The zero-order chi connectivity index (χ0) is 6.15. The summed E-state index contributed by atoms with van der Waals surface area (Å²) in [5.41, 5.74) is 0. The van der Waals surface area contributed by atoms with E-state index in [-0.39, 0.29) is 12.6 Å². The molecule has 1 rings (SSSR count). The van der Waals surface area contributed by atoms with Crippen LogP contribution in [0.3, 0.4) is 0 Å². The molecule has 2 N–H and O–H groups in total. The Morgan fingerprint density at radius 2 is 2.25 bits per heavy atom. The van der Waals surface area contributed by atoms with E-state index in [1.165, 1.54) is 0 Å². The number of halogens is 2. The average molecular weight is 123 g/mol. The minimum Gasteiger partial charge on any atom is -0.395 e. The number of alkyl halides is 2. The highest BCUT2D eigenvalue weighted by atomic mass is 19.3. The van der Waals surface area contributed by atoms with Crippen LogP contribution in [0.4, 0.5) is 8.78 Å². The Bertz CT molecular complexity index is 88.1. The summed E-state index contributed by atoms with van der Waals surface area (Å²) in [4.78, 5) is 0. The standard InChI is InChI=1S/C4H7F2NO/c5-4(6)3-2(1-8)7-3/h2-4,7-8H,1H2. The molecule has 1 aliphatic rings. The van der Waals surface area contributed by atoms with Gasteiger partial charge in [0.1, 0.15) is 0 Å². The van der Waals surface area contributed by atoms with Crippen LogP contribution in [0, 0.1) is 0 Å². The number of rotatable bonds is 2. The first-order valence-electron chi connectivity index (χ1n) is 2.40. The van der Waals surface area contributed by atoms with Gasteiger partial charge in [0.25, 0.3) is 6.43 Å². The molecule has 2 atom stereocenters. The van der Waals surface area contributed by atoms with Crippen LogP contribution in [0.1, 0.15) is 0 Å². The lowest BCUT2D eigenvalue weighted by Gasteiger charge is -1.88. The molecule has 0 radical (unpaired) electrons. The monoisotopic (exact) mass is 123 g/mol. The van der Waals surface area contributed by atoms with E-state index in [2.05, 4.69) is 5.32 Å². The number of aliphatic hydroxyl groups excluding tert-OH is 1. The summed E-state index contributed by atoms with van der Waals surface area (Å²) in [6, 6.07) is -1.10. The molecule has 1 aliphatic heterocycles. The lowest BCUT2D eigenvalue weighted by molar-refractivity contribution is 0.140. The van der Waals surface area contributed by atoms with Crippen molar-refractivity contribution in [2.24, 2.45) is 0 Å². The van der Waals surface area contributed by atoms with E-state index in [0.29, 0.717) is 0 Å². The maximum absolute atomic E-state index is 11.5. The second-order valence-corrected chi connectivity index (χ2v) is 1.82. The number of hydrogen-bond acceptors (Lipinski definition) is 2. The SMILES string of the molecule is OCC1NC1C(F)F. The highest BCUT2D eigenvalue weighted by Crippen LogP contribution is 2.17. The molecular formula is C4H7F2NO. The first kappa shape index (κ1) is 5.91. The van der Waals surface area contributed by atoms with Gasteiger partial charge in [-0.25, -0.2) is 8.78 Å². The second-order valence-electron chi connectivity index (χ2n) is 1.82. The highest BCUT2D eigenvalue weighted by Gasteiger charge is 2.42. The molecule has 48 valence electrons. The normalized spacial score (nSPS) is 36.0. The fourth-order valence-electron chi connectivity index (χ4n) is 0.606. The summed E-state index contributed by atoms with van der Waals surface area (Å²) in [6.07, 6.45) is -2.33. The molecule has 4 heteroatoms. The van der Waals surface area contributed by atoms with E-state index in [1.807, 2.05) is 0 Å². The van der Waals surface area contributed by atoms with E-state index in [9.17, 15) is 8.78 Å². The Balaban J connectivity index is 2.16. The van der Waals surface area contributed by atoms with Gasteiger partial charge in [-0.05, 0) is 0 Å². The van der Waals surface area contributed by atoms with Crippen molar-refractivity contribution in [2.75, 3.05) is 6.61 Å². The molecule has 2 nitrogen and oxygen atoms in total. The van der Waals surface area contributed by atoms with Gasteiger partial charge in [0.2, 0.25) is 0 Å². The first-order valence-corrected chi connectivity index (χ1v) is 2.40. The van der Waals surface area contributed by atoms with Crippen molar-refractivity contribution in [3.63, 3.8) is 0 Å². The van der Waals surface area contributed by atoms with Crippen molar-refractivity contribution in [2.45, 2.75) is 18.5 Å². The number of nitrogens with one attached hydrogen (secondary N) is 1. The van der Waals surface area contributed by atoms with Gasteiger partial charge in [0.15, 0.2) is 0 Å².